The second-order valence-corrected chi connectivity index (χ2v) is 5.20. The van der Waals surface area contributed by atoms with Crippen molar-refractivity contribution in [2.75, 3.05) is 0 Å². The summed E-state index contributed by atoms with van der Waals surface area (Å²) in [6.07, 6.45) is 0. The molecule has 0 bridgehead atoms. The third-order valence-electron chi connectivity index (χ3n) is 2.54. The van der Waals surface area contributed by atoms with Gasteiger partial charge in [0, 0.05) is 0 Å². The highest BCUT2D eigenvalue weighted by molar-refractivity contribution is 7.86. The van der Waals surface area contributed by atoms with Gasteiger partial charge >= 0.3 is 16.2 Å². The Morgan fingerprint density at radius 1 is 1.00 bits per heavy atom. The number of carboxylic acid groups (broad SMARTS) is 1. The molecule has 2 aromatic rings. The number of hydrogen-bond acceptors (Lipinski definition) is 3. The fourth-order valence-electron chi connectivity index (χ4n) is 1.66. The molecule has 6 heteroatoms. The van der Waals surface area contributed by atoms with Crippen LogP contribution in [-0.4, -0.2) is 19.5 Å². The molecular formula is C13H9FO4S. The van der Waals surface area contributed by atoms with E-state index in [0.717, 1.165) is 12.1 Å². The molecule has 0 radical (unpaired) electrons. The first-order chi connectivity index (χ1) is 8.88. The van der Waals surface area contributed by atoms with Gasteiger partial charge in [-0.25, -0.2) is 4.79 Å². The molecule has 0 aliphatic heterocycles. The molecule has 0 atom stereocenters. The summed E-state index contributed by atoms with van der Waals surface area (Å²) in [5.41, 5.74) is 0.657. The molecule has 0 saturated heterocycles. The van der Waals surface area contributed by atoms with Gasteiger partial charge in [-0.2, -0.15) is 8.42 Å². The van der Waals surface area contributed by atoms with E-state index in [9.17, 15) is 17.1 Å². The number of aromatic carboxylic acids is 1. The minimum Gasteiger partial charge on any atom is -0.478 e. The van der Waals surface area contributed by atoms with Gasteiger partial charge in [0.25, 0.3) is 0 Å². The summed E-state index contributed by atoms with van der Waals surface area (Å²) in [5, 5.41) is 8.93. The standard InChI is InChI=1S/C13H9FO4S/c14-19(17,18)12-7-10(6-11(8-12)13(15)16)9-4-2-1-3-5-9/h1-8H,(H,15,16). The Morgan fingerprint density at radius 2 is 1.63 bits per heavy atom. The number of halogens is 1. The summed E-state index contributed by atoms with van der Waals surface area (Å²) >= 11 is 0. The summed E-state index contributed by atoms with van der Waals surface area (Å²) in [7, 11) is -4.95. The third kappa shape index (κ3) is 2.97. The highest BCUT2D eigenvalue weighted by atomic mass is 32.3. The fraction of sp³-hybridized carbons (Fsp3) is 0. The Labute approximate surface area is 109 Å². The molecule has 1 N–H and O–H groups in total. The summed E-state index contributed by atoms with van der Waals surface area (Å²) < 4.78 is 34.9. The van der Waals surface area contributed by atoms with E-state index in [2.05, 4.69) is 0 Å². The Hall–Kier alpha value is -2.21. The topological polar surface area (TPSA) is 71.4 Å². The largest absolute Gasteiger partial charge is 0.478 e. The molecule has 0 saturated carbocycles. The van der Waals surface area contributed by atoms with Crippen LogP contribution in [0.5, 0.6) is 0 Å². The minimum absolute atomic E-state index is 0.280. The van der Waals surface area contributed by atoms with Crippen molar-refractivity contribution in [3.8, 4) is 11.1 Å². The zero-order valence-electron chi connectivity index (χ0n) is 9.58. The Kier molecular flexibility index (Phi) is 3.35. The molecule has 0 heterocycles. The molecule has 4 nitrogen and oxygen atoms in total. The van der Waals surface area contributed by atoms with Crippen LogP contribution >= 0.6 is 0 Å². The highest BCUT2D eigenvalue weighted by Crippen LogP contribution is 2.25. The molecule has 0 aliphatic rings. The first-order valence-corrected chi connectivity index (χ1v) is 6.65. The Morgan fingerprint density at radius 3 is 2.16 bits per heavy atom. The van der Waals surface area contributed by atoms with E-state index in [1.165, 1.54) is 6.07 Å². The van der Waals surface area contributed by atoms with Crippen LogP contribution in [0.3, 0.4) is 0 Å². The van der Waals surface area contributed by atoms with Gasteiger partial charge in [-0.3, -0.25) is 0 Å². The van der Waals surface area contributed by atoms with E-state index < -0.39 is 21.1 Å². The summed E-state index contributed by atoms with van der Waals surface area (Å²) in [5.74, 6) is -1.32. The van der Waals surface area contributed by atoms with E-state index in [-0.39, 0.29) is 5.56 Å². The molecule has 0 spiro atoms. The molecule has 98 valence electrons. The van der Waals surface area contributed by atoms with Crippen molar-refractivity contribution < 1.29 is 22.2 Å². The van der Waals surface area contributed by atoms with Crippen LogP contribution in [0.4, 0.5) is 3.89 Å². The van der Waals surface area contributed by atoms with Crippen LogP contribution in [0.15, 0.2) is 53.4 Å². The summed E-state index contributed by atoms with van der Waals surface area (Å²) in [6, 6.07) is 11.7. The van der Waals surface area contributed by atoms with Crippen LogP contribution in [-0.2, 0) is 10.2 Å². The first kappa shape index (κ1) is 13.2. The maximum Gasteiger partial charge on any atom is 0.335 e. The molecule has 2 aromatic carbocycles. The van der Waals surface area contributed by atoms with Crippen molar-refractivity contribution in [1.29, 1.82) is 0 Å². The lowest BCUT2D eigenvalue weighted by molar-refractivity contribution is 0.0696. The lowest BCUT2D eigenvalue weighted by Gasteiger charge is -2.05. The van der Waals surface area contributed by atoms with E-state index in [1.54, 1.807) is 30.3 Å². The van der Waals surface area contributed by atoms with Gasteiger partial charge in [0.1, 0.15) is 0 Å². The maximum atomic E-state index is 13.0. The summed E-state index contributed by atoms with van der Waals surface area (Å²) in [6.45, 7) is 0. The van der Waals surface area contributed by atoms with Crippen molar-refractivity contribution >= 4 is 16.2 Å². The number of carboxylic acids is 1. The number of hydrogen-bond donors (Lipinski definition) is 1. The Bertz CT molecular complexity index is 724. The molecule has 0 aliphatic carbocycles. The highest BCUT2D eigenvalue weighted by Gasteiger charge is 2.17. The quantitative estimate of drug-likeness (QED) is 0.877. The van der Waals surface area contributed by atoms with Crippen LogP contribution in [0.2, 0.25) is 0 Å². The molecule has 19 heavy (non-hydrogen) atoms. The normalized spacial score (nSPS) is 11.2. The van der Waals surface area contributed by atoms with Crippen LogP contribution in [0, 0.1) is 0 Å². The maximum absolute atomic E-state index is 13.0. The molecule has 0 amide bonds. The van der Waals surface area contributed by atoms with Crippen molar-refractivity contribution in [2.24, 2.45) is 0 Å². The van der Waals surface area contributed by atoms with E-state index in [4.69, 9.17) is 5.11 Å². The van der Waals surface area contributed by atoms with Crippen molar-refractivity contribution in [2.45, 2.75) is 4.90 Å². The van der Waals surface area contributed by atoms with Gasteiger partial charge in [-0.15, -0.1) is 3.89 Å². The monoisotopic (exact) mass is 280 g/mol. The van der Waals surface area contributed by atoms with Gasteiger partial charge in [-0.1, -0.05) is 30.3 Å². The zero-order chi connectivity index (χ0) is 14.0. The van der Waals surface area contributed by atoms with Gasteiger partial charge in [0.05, 0.1) is 10.5 Å². The molecular weight excluding hydrogens is 271 g/mol. The minimum atomic E-state index is -4.95. The van der Waals surface area contributed by atoms with Crippen molar-refractivity contribution in [3.05, 3.63) is 54.1 Å². The smallest absolute Gasteiger partial charge is 0.335 e. The summed E-state index contributed by atoms with van der Waals surface area (Å²) in [4.78, 5) is 10.3. The van der Waals surface area contributed by atoms with Crippen molar-refractivity contribution in [1.82, 2.24) is 0 Å². The van der Waals surface area contributed by atoms with Crippen LogP contribution < -0.4 is 0 Å². The second kappa shape index (κ2) is 4.81. The zero-order valence-corrected chi connectivity index (χ0v) is 10.4. The van der Waals surface area contributed by atoms with Gasteiger partial charge in [0.2, 0.25) is 0 Å². The lowest BCUT2D eigenvalue weighted by atomic mass is 10.0. The number of carbonyl (C=O) groups is 1. The van der Waals surface area contributed by atoms with Gasteiger partial charge < -0.3 is 5.11 Å². The average Bonchev–Trinajstić information content (AvgIpc) is 2.38. The predicted octanol–water partition coefficient (Wildman–Crippen LogP) is 2.71. The first-order valence-electron chi connectivity index (χ1n) is 5.26. The third-order valence-corrected chi connectivity index (χ3v) is 3.34. The van der Waals surface area contributed by atoms with E-state index in [1.807, 2.05) is 0 Å². The number of benzene rings is 2. The van der Waals surface area contributed by atoms with Crippen molar-refractivity contribution in [3.63, 3.8) is 0 Å². The van der Waals surface area contributed by atoms with Gasteiger partial charge in [0.15, 0.2) is 0 Å². The van der Waals surface area contributed by atoms with Gasteiger partial charge in [-0.05, 0) is 29.3 Å². The predicted molar refractivity (Wildman–Crippen MR) is 67.1 cm³/mol. The molecule has 0 unspecified atom stereocenters. The molecule has 0 fully saturated rings. The van der Waals surface area contributed by atoms with Crippen LogP contribution in [0.1, 0.15) is 10.4 Å². The lowest BCUT2D eigenvalue weighted by Crippen LogP contribution is -2.01. The second-order valence-electron chi connectivity index (χ2n) is 3.86. The Balaban J connectivity index is 2.69. The van der Waals surface area contributed by atoms with E-state index >= 15 is 0 Å². The van der Waals surface area contributed by atoms with E-state index in [0.29, 0.717) is 11.1 Å². The molecule has 2 rings (SSSR count). The van der Waals surface area contributed by atoms with Crippen LogP contribution in [0.25, 0.3) is 11.1 Å². The number of rotatable bonds is 3. The fourth-order valence-corrected chi connectivity index (χ4v) is 2.20. The SMILES string of the molecule is O=C(O)c1cc(-c2ccccc2)cc(S(=O)(=O)F)c1. The molecule has 0 aromatic heterocycles. The average molecular weight is 280 g/mol.